The highest BCUT2D eigenvalue weighted by Gasteiger charge is 2.31. The molecule has 0 aliphatic rings. The van der Waals surface area contributed by atoms with Crippen LogP contribution in [-0.4, -0.2) is 18.1 Å². The summed E-state index contributed by atoms with van der Waals surface area (Å²) >= 11 is 0. The summed E-state index contributed by atoms with van der Waals surface area (Å²) in [5.74, 6) is -1.11. The Morgan fingerprint density at radius 3 is 2.40 bits per heavy atom. The molecule has 0 atom stereocenters. The van der Waals surface area contributed by atoms with Crippen LogP contribution < -0.4 is 0 Å². The van der Waals surface area contributed by atoms with Crippen LogP contribution in [0.2, 0.25) is 0 Å². The van der Waals surface area contributed by atoms with Gasteiger partial charge in [-0.05, 0) is 18.2 Å². The first kappa shape index (κ1) is 11.5. The van der Waals surface area contributed by atoms with Crippen molar-refractivity contribution in [2.75, 3.05) is 7.05 Å². The summed E-state index contributed by atoms with van der Waals surface area (Å²) in [5.41, 5.74) is -1.31. The molecule has 0 spiro atoms. The van der Waals surface area contributed by atoms with Crippen LogP contribution in [0.25, 0.3) is 0 Å². The van der Waals surface area contributed by atoms with Crippen LogP contribution in [0.4, 0.5) is 17.7 Å². The smallest absolute Gasteiger partial charge is 0.267 e. The van der Waals surface area contributed by atoms with Gasteiger partial charge < -0.3 is 0 Å². The van der Waals surface area contributed by atoms with E-state index < -0.39 is 17.6 Å². The van der Waals surface area contributed by atoms with E-state index in [9.17, 15) is 22.4 Å². The molecule has 1 aromatic rings. The maximum Gasteiger partial charge on any atom is 0.416 e. The lowest BCUT2D eigenvalue weighted by atomic mass is 10.1. The second kappa shape index (κ2) is 3.88. The Labute approximate surface area is 83.0 Å². The van der Waals surface area contributed by atoms with Gasteiger partial charge in [0.2, 0.25) is 0 Å². The molecule has 0 saturated carbocycles. The molecule has 0 fully saturated rings. The number of rotatable bonds is 1. The third-order valence-corrected chi connectivity index (χ3v) is 1.72. The van der Waals surface area contributed by atoms with E-state index in [2.05, 4.69) is 0 Å². The minimum absolute atomic E-state index is 0.268. The summed E-state index contributed by atoms with van der Waals surface area (Å²) in [5, 5.41) is -0.268. The van der Waals surface area contributed by atoms with Crippen LogP contribution in [0.1, 0.15) is 15.9 Å². The highest BCUT2D eigenvalue weighted by molar-refractivity contribution is 5.93. The lowest BCUT2D eigenvalue weighted by Gasteiger charge is -2.09. The molecule has 2 nitrogen and oxygen atoms in total. The van der Waals surface area contributed by atoms with Crippen molar-refractivity contribution in [2.45, 2.75) is 6.18 Å². The molecular formula is C9H7F4NO. The zero-order valence-electron chi connectivity index (χ0n) is 7.68. The van der Waals surface area contributed by atoms with Crippen LogP contribution >= 0.6 is 0 Å². The lowest BCUT2D eigenvalue weighted by molar-refractivity contribution is -0.137. The molecule has 0 bridgehead atoms. The number of hydrogen-bond acceptors (Lipinski definition) is 1. The van der Waals surface area contributed by atoms with Gasteiger partial charge in [0.1, 0.15) is 0 Å². The van der Waals surface area contributed by atoms with Gasteiger partial charge in [0.05, 0.1) is 5.56 Å². The van der Waals surface area contributed by atoms with Crippen LogP contribution in [0.5, 0.6) is 0 Å². The van der Waals surface area contributed by atoms with Gasteiger partial charge in [0.25, 0.3) is 5.91 Å². The highest BCUT2D eigenvalue weighted by Crippen LogP contribution is 2.29. The molecule has 1 amide bonds. The van der Waals surface area contributed by atoms with Gasteiger partial charge in [-0.1, -0.05) is 10.5 Å². The summed E-state index contributed by atoms with van der Waals surface area (Å²) in [7, 11) is 0.822. The Balaban J connectivity index is 3.09. The fourth-order valence-electron chi connectivity index (χ4n) is 1.01. The van der Waals surface area contributed by atoms with Crippen molar-refractivity contribution < 1.29 is 22.4 Å². The van der Waals surface area contributed by atoms with Gasteiger partial charge in [-0.2, -0.15) is 18.3 Å². The van der Waals surface area contributed by atoms with E-state index in [-0.39, 0.29) is 10.7 Å². The number of nitrogens with zero attached hydrogens (tertiary/aromatic N) is 1. The molecule has 0 unspecified atom stereocenters. The molecule has 6 heteroatoms. The van der Waals surface area contributed by atoms with E-state index in [1.165, 1.54) is 0 Å². The van der Waals surface area contributed by atoms with Crippen molar-refractivity contribution in [1.29, 1.82) is 0 Å². The Kier molecular flexibility index (Phi) is 2.97. The molecule has 0 radical (unpaired) electrons. The fraction of sp³-hybridized carbons (Fsp3) is 0.222. The predicted molar refractivity (Wildman–Crippen MR) is 44.6 cm³/mol. The van der Waals surface area contributed by atoms with Gasteiger partial charge >= 0.3 is 6.18 Å². The summed E-state index contributed by atoms with van der Waals surface area (Å²) in [6.45, 7) is 0. The standard InChI is InChI=1S/C9H7F4NO/c1-14(13)8(15)6-3-2-4-7(5-6)9(10,11)12/h2-5H,1H3. The van der Waals surface area contributed by atoms with Crippen molar-refractivity contribution in [3.8, 4) is 0 Å². The molecule has 15 heavy (non-hydrogen) atoms. The van der Waals surface area contributed by atoms with Gasteiger partial charge in [-0.3, -0.25) is 4.79 Å². The average molecular weight is 221 g/mol. The molecule has 0 aliphatic carbocycles. The van der Waals surface area contributed by atoms with E-state index in [1.54, 1.807) is 0 Å². The van der Waals surface area contributed by atoms with Crippen LogP contribution in [0, 0.1) is 0 Å². The minimum atomic E-state index is -4.54. The number of amides is 1. The number of halogens is 4. The summed E-state index contributed by atoms with van der Waals surface area (Å²) < 4.78 is 49.1. The summed E-state index contributed by atoms with van der Waals surface area (Å²) in [6.07, 6.45) is -4.54. The maximum absolute atomic E-state index is 12.4. The van der Waals surface area contributed by atoms with Gasteiger partial charge in [-0.25, -0.2) is 0 Å². The topological polar surface area (TPSA) is 20.3 Å². The second-order valence-corrected chi connectivity index (χ2v) is 2.86. The third-order valence-electron chi connectivity index (χ3n) is 1.72. The molecule has 0 N–H and O–H groups in total. The quantitative estimate of drug-likeness (QED) is 0.527. The van der Waals surface area contributed by atoms with E-state index in [4.69, 9.17) is 0 Å². The van der Waals surface area contributed by atoms with Crippen molar-refractivity contribution in [3.63, 3.8) is 0 Å². The maximum atomic E-state index is 12.4. The van der Waals surface area contributed by atoms with Gasteiger partial charge in [0, 0.05) is 12.6 Å². The lowest BCUT2D eigenvalue weighted by Crippen LogP contribution is -2.18. The monoisotopic (exact) mass is 221 g/mol. The number of hydrogen-bond donors (Lipinski definition) is 0. The minimum Gasteiger partial charge on any atom is -0.267 e. The van der Waals surface area contributed by atoms with Gasteiger partial charge in [-0.15, -0.1) is 0 Å². The predicted octanol–water partition coefficient (Wildman–Crippen LogP) is 2.66. The van der Waals surface area contributed by atoms with Crippen molar-refractivity contribution >= 4 is 5.91 Å². The molecule has 82 valence electrons. The highest BCUT2D eigenvalue weighted by atomic mass is 19.4. The van der Waals surface area contributed by atoms with Gasteiger partial charge in [0.15, 0.2) is 0 Å². The second-order valence-electron chi connectivity index (χ2n) is 2.86. The first-order valence-corrected chi connectivity index (χ1v) is 3.93. The average Bonchev–Trinajstić information content (AvgIpc) is 2.15. The Bertz CT molecular complexity index is 373. The Hall–Kier alpha value is -1.59. The normalized spacial score (nSPS) is 11.3. The number of carbonyl (C=O) groups is 1. The third kappa shape index (κ3) is 2.68. The zero-order valence-corrected chi connectivity index (χ0v) is 7.68. The number of alkyl halides is 3. The van der Waals surface area contributed by atoms with E-state index in [0.717, 1.165) is 25.2 Å². The van der Waals surface area contributed by atoms with Crippen LogP contribution in [0.15, 0.2) is 24.3 Å². The molecule has 1 aromatic carbocycles. The first-order chi connectivity index (χ1) is 6.82. The molecule has 1 rings (SSSR count). The van der Waals surface area contributed by atoms with E-state index in [0.29, 0.717) is 6.07 Å². The first-order valence-electron chi connectivity index (χ1n) is 3.93. The molecule has 0 heterocycles. The Morgan fingerprint density at radius 2 is 1.93 bits per heavy atom. The van der Waals surface area contributed by atoms with Crippen LogP contribution in [0.3, 0.4) is 0 Å². The van der Waals surface area contributed by atoms with E-state index in [1.807, 2.05) is 0 Å². The zero-order chi connectivity index (χ0) is 11.6. The van der Waals surface area contributed by atoms with E-state index >= 15 is 0 Å². The Morgan fingerprint density at radius 1 is 1.33 bits per heavy atom. The summed E-state index contributed by atoms with van der Waals surface area (Å²) in [4.78, 5) is 11.0. The number of benzene rings is 1. The molecule has 0 saturated heterocycles. The van der Waals surface area contributed by atoms with Crippen LogP contribution in [-0.2, 0) is 6.18 Å². The molecular weight excluding hydrogens is 214 g/mol. The molecule has 0 aliphatic heterocycles. The molecule has 0 aromatic heterocycles. The SMILES string of the molecule is CN(F)C(=O)c1cccc(C(F)(F)F)c1. The largest absolute Gasteiger partial charge is 0.416 e. The van der Waals surface area contributed by atoms with Crippen molar-refractivity contribution in [1.82, 2.24) is 5.12 Å². The fourth-order valence-corrected chi connectivity index (χ4v) is 1.01. The number of carbonyl (C=O) groups excluding carboxylic acids is 1. The van der Waals surface area contributed by atoms with Crippen molar-refractivity contribution in [2.24, 2.45) is 0 Å². The summed E-state index contributed by atoms with van der Waals surface area (Å²) in [6, 6.07) is 3.60. The van der Waals surface area contributed by atoms with Crippen molar-refractivity contribution in [3.05, 3.63) is 35.4 Å².